The highest BCUT2D eigenvalue weighted by molar-refractivity contribution is 5.55. The van der Waals surface area contributed by atoms with E-state index in [0.717, 1.165) is 6.42 Å². The van der Waals surface area contributed by atoms with Crippen molar-refractivity contribution >= 4 is 0 Å². The third kappa shape index (κ3) is 2.28. The molecule has 0 radical (unpaired) electrons. The standard InChI is InChI=1S/C20H26/c1-7-9-18-17(8-2)19(4,5)14-20(18,6)16-12-10-15(3)11-13-16/h7-13H,1,14H2,2-6H3/b17-8+,18-9+. The third-order valence-corrected chi connectivity index (χ3v) is 4.67. The van der Waals surface area contributed by atoms with Crippen LogP contribution in [-0.4, -0.2) is 0 Å². The molecular weight excluding hydrogens is 240 g/mol. The van der Waals surface area contributed by atoms with E-state index in [1.807, 2.05) is 6.08 Å². The Morgan fingerprint density at radius 1 is 1.05 bits per heavy atom. The minimum atomic E-state index is 0.0766. The van der Waals surface area contributed by atoms with Crippen LogP contribution in [0.2, 0.25) is 0 Å². The Morgan fingerprint density at radius 3 is 2.15 bits per heavy atom. The first kappa shape index (κ1) is 14.8. The predicted octanol–water partition coefficient (Wildman–Crippen LogP) is 5.74. The van der Waals surface area contributed by atoms with E-state index < -0.39 is 0 Å². The van der Waals surface area contributed by atoms with Crippen LogP contribution in [0.1, 0.15) is 45.2 Å². The first-order chi connectivity index (χ1) is 9.35. The van der Waals surface area contributed by atoms with Crippen molar-refractivity contribution in [2.75, 3.05) is 0 Å². The molecule has 0 spiro atoms. The van der Waals surface area contributed by atoms with Gasteiger partial charge in [-0.15, -0.1) is 0 Å². The summed E-state index contributed by atoms with van der Waals surface area (Å²) in [7, 11) is 0. The molecule has 2 rings (SSSR count). The lowest BCUT2D eigenvalue weighted by Crippen LogP contribution is -2.21. The van der Waals surface area contributed by atoms with E-state index in [2.05, 4.69) is 77.6 Å². The summed E-state index contributed by atoms with van der Waals surface area (Å²) in [5, 5.41) is 0. The van der Waals surface area contributed by atoms with Crippen LogP contribution in [0.4, 0.5) is 0 Å². The van der Waals surface area contributed by atoms with Crippen LogP contribution in [0.5, 0.6) is 0 Å². The number of hydrogen-bond acceptors (Lipinski definition) is 0. The molecule has 0 N–H and O–H groups in total. The normalized spacial score (nSPS) is 29.1. The molecule has 0 amide bonds. The summed E-state index contributed by atoms with van der Waals surface area (Å²) in [6.07, 6.45) is 7.54. The lowest BCUT2D eigenvalue weighted by atomic mass is 9.75. The lowest BCUT2D eigenvalue weighted by molar-refractivity contribution is 0.388. The molecule has 0 heterocycles. The Balaban J connectivity index is 2.62. The first-order valence-electron chi connectivity index (χ1n) is 7.42. The van der Waals surface area contributed by atoms with E-state index in [-0.39, 0.29) is 10.8 Å². The van der Waals surface area contributed by atoms with E-state index in [1.165, 1.54) is 22.3 Å². The number of rotatable bonds is 2. The van der Waals surface area contributed by atoms with Gasteiger partial charge in [-0.1, -0.05) is 75.4 Å². The number of benzene rings is 1. The van der Waals surface area contributed by atoms with Crippen molar-refractivity contribution < 1.29 is 0 Å². The maximum absolute atomic E-state index is 3.91. The summed E-state index contributed by atoms with van der Waals surface area (Å²) in [6, 6.07) is 8.99. The van der Waals surface area contributed by atoms with Crippen molar-refractivity contribution in [3.05, 3.63) is 71.3 Å². The Kier molecular flexibility index (Phi) is 3.77. The second kappa shape index (κ2) is 5.09. The second-order valence-electron chi connectivity index (χ2n) is 6.78. The van der Waals surface area contributed by atoms with Gasteiger partial charge in [0.15, 0.2) is 0 Å². The van der Waals surface area contributed by atoms with Crippen molar-refractivity contribution in [2.45, 2.75) is 46.5 Å². The van der Waals surface area contributed by atoms with E-state index in [0.29, 0.717) is 0 Å². The molecule has 0 aliphatic heterocycles. The van der Waals surface area contributed by atoms with Crippen molar-refractivity contribution in [1.29, 1.82) is 0 Å². The Labute approximate surface area is 123 Å². The van der Waals surface area contributed by atoms with Gasteiger partial charge in [-0.05, 0) is 42.4 Å². The van der Waals surface area contributed by atoms with Crippen LogP contribution in [-0.2, 0) is 5.41 Å². The molecule has 1 unspecified atom stereocenters. The smallest absolute Gasteiger partial charge is 0.0185 e. The molecule has 1 fully saturated rings. The van der Waals surface area contributed by atoms with Gasteiger partial charge in [0.05, 0.1) is 0 Å². The fraction of sp³-hybridized carbons (Fsp3) is 0.400. The number of allylic oxidation sites excluding steroid dienone is 5. The molecule has 0 aromatic heterocycles. The summed E-state index contributed by atoms with van der Waals surface area (Å²) in [4.78, 5) is 0. The van der Waals surface area contributed by atoms with Gasteiger partial charge in [0.2, 0.25) is 0 Å². The highest BCUT2D eigenvalue weighted by Gasteiger charge is 2.47. The molecular formula is C20H26. The van der Waals surface area contributed by atoms with E-state index >= 15 is 0 Å². The molecule has 1 aliphatic carbocycles. The Bertz CT molecular complexity index is 567. The molecule has 20 heavy (non-hydrogen) atoms. The molecule has 0 nitrogen and oxygen atoms in total. The fourth-order valence-corrected chi connectivity index (χ4v) is 3.85. The van der Waals surface area contributed by atoms with Crippen molar-refractivity contribution in [1.82, 2.24) is 0 Å². The molecule has 1 atom stereocenters. The molecule has 0 heteroatoms. The zero-order chi connectivity index (χ0) is 15.0. The molecule has 1 aliphatic rings. The van der Waals surface area contributed by atoms with Gasteiger partial charge < -0.3 is 0 Å². The van der Waals surface area contributed by atoms with Crippen molar-refractivity contribution in [3.63, 3.8) is 0 Å². The Hall–Kier alpha value is -1.56. The van der Waals surface area contributed by atoms with E-state index in [9.17, 15) is 0 Å². The summed E-state index contributed by atoms with van der Waals surface area (Å²) in [5.74, 6) is 0. The maximum Gasteiger partial charge on any atom is 0.0185 e. The minimum Gasteiger partial charge on any atom is -0.0991 e. The quantitative estimate of drug-likeness (QED) is 0.640. The average molecular weight is 266 g/mol. The highest BCUT2D eigenvalue weighted by atomic mass is 14.5. The van der Waals surface area contributed by atoms with Crippen molar-refractivity contribution in [3.8, 4) is 0 Å². The predicted molar refractivity (Wildman–Crippen MR) is 89.0 cm³/mol. The van der Waals surface area contributed by atoms with Gasteiger partial charge >= 0.3 is 0 Å². The van der Waals surface area contributed by atoms with Gasteiger partial charge in [-0.3, -0.25) is 0 Å². The first-order valence-corrected chi connectivity index (χ1v) is 7.42. The monoisotopic (exact) mass is 266 g/mol. The maximum atomic E-state index is 3.91. The summed E-state index contributed by atoms with van der Waals surface area (Å²) >= 11 is 0. The topological polar surface area (TPSA) is 0 Å². The molecule has 1 aromatic rings. The minimum absolute atomic E-state index is 0.0766. The molecule has 106 valence electrons. The zero-order valence-electron chi connectivity index (χ0n) is 13.5. The van der Waals surface area contributed by atoms with Gasteiger partial charge in [-0.25, -0.2) is 0 Å². The second-order valence-corrected chi connectivity index (χ2v) is 6.78. The lowest BCUT2D eigenvalue weighted by Gasteiger charge is -2.28. The molecule has 1 saturated carbocycles. The van der Waals surface area contributed by atoms with Gasteiger partial charge in [0, 0.05) is 5.41 Å². The van der Waals surface area contributed by atoms with Gasteiger partial charge in [0.1, 0.15) is 0 Å². The number of hydrogen-bond donors (Lipinski definition) is 0. The Morgan fingerprint density at radius 2 is 1.65 bits per heavy atom. The largest absolute Gasteiger partial charge is 0.0991 e. The van der Waals surface area contributed by atoms with Crippen LogP contribution >= 0.6 is 0 Å². The summed E-state index contributed by atoms with van der Waals surface area (Å²) in [5.41, 5.74) is 5.89. The van der Waals surface area contributed by atoms with Gasteiger partial charge in [-0.2, -0.15) is 0 Å². The number of aryl methyl sites for hydroxylation is 1. The summed E-state index contributed by atoms with van der Waals surface area (Å²) in [6.45, 7) is 15.3. The van der Waals surface area contributed by atoms with Crippen LogP contribution in [0, 0.1) is 12.3 Å². The third-order valence-electron chi connectivity index (χ3n) is 4.67. The fourth-order valence-electron chi connectivity index (χ4n) is 3.85. The van der Waals surface area contributed by atoms with Crippen LogP contribution in [0.25, 0.3) is 0 Å². The summed E-state index contributed by atoms with van der Waals surface area (Å²) < 4.78 is 0. The molecule has 1 aromatic carbocycles. The van der Waals surface area contributed by atoms with Crippen LogP contribution < -0.4 is 0 Å². The van der Waals surface area contributed by atoms with E-state index in [4.69, 9.17) is 0 Å². The highest BCUT2D eigenvalue weighted by Crippen LogP contribution is 2.57. The van der Waals surface area contributed by atoms with Crippen molar-refractivity contribution in [2.24, 2.45) is 5.41 Å². The van der Waals surface area contributed by atoms with E-state index in [1.54, 1.807) is 0 Å². The SMILES string of the molecule is C=C/C=C1\C(=C/C)C(C)(C)CC1(C)c1ccc(C)cc1. The van der Waals surface area contributed by atoms with Gasteiger partial charge in [0.25, 0.3) is 0 Å². The van der Waals surface area contributed by atoms with Crippen LogP contribution in [0.15, 0.2) is 60.2 Å². The zero-order valence-corrected chi connectivity index (χ0v) is 13.5. The molecule has 0 bridgehead atoms. The average Bonchev–Trinajstić information content (AvgIpc) is 2.57. The molecule has 0 saturated heterocycles. The van der Waals surface area contributed by atoms with Crippen LogP contribution in [0.3, 0.4) is 0 Å².